The molecular formula is C16H20N4O. The third kappa shape index (κ3) is 2.65. The zero-order valence-corrected chi connectivity index (χ0v) is 12.2. The van der Waals surface area contributed by atoms with E-state index < -0.39 is 0 Å². The molecule has 5 nitrogen and oxygen atoms in total. The van der Waals surface area contributed by atoms with Crippen molar-refractivity contribution in [2.75, 3.05) is 18.4 Å². The predicted molar refractivity (Wildman–Crippen MR) is 81.1 cm³/mol. The maximum Gasteiger partial charge on any atom is 0.249 e. The fourth-order valence-corrected chi connectivity index (χ4v) is 3.10. The molecule has 1 aromatic heterocycles. The smallest absolute Gasteiger partial charge is 0.249 e. The van der Waals surface area contributed by atoms with E-state index in [1.54, 1.807) is 0 Å². The minimum atomic E-state index is 0.510. The first-order chi connectivity index (χ1) is 10.3. The summed E-state index contributed by atoms with van der Waals surface area (Å²) in [4.78, 5) is 2.61. The standard InChI is InChI=1S/C16H20N4O/c1-11-18-19-16(21-11)14-4-2-3-5-15(14)17-12-8-9-20(10-12)13-6-7-13/h2-5,12-13,17H,6-10H2,1H3. The highest BCUT2D eigenvalue weighted by atomic mass is 16.4. The van der Waals surface area contributed by atoms with Gasteiger partial charge in [0.15, 0.2) is 0 Å². The first kappa shape index (κ1) is 12.8. The van der Waals surface area contributed by atoms with Crippen molar-refractivity contribution < 1.29 is 4.42 Å². The van der Waals surface area contributed by atoms with E-state index in [9.17, 15) is 0 Å². The lowest BCUT2D eigenvalue weighted by molar-refractivity contribution is 0.326. The van der Waals surface area contributed by atoms with Crippen LogP contribution in [0.15, 0.2) is 28.7 Å². The second-order valence-electron chi connectivity index (χ2n) is 6.03. The van der Waals surface area contributed by atoms with Crippen LogP contribution in [0.3, 0.4) is 0 Å². The number of aryl methyl sites for hydroxylation is 1. The third-order valence-electron chi connectivity index (χ3n) is 4.33. The van der Waals surface area contributed by atoms with E-state index in [1.807, 2.05) is 25.1 Å². The molecule has 1 aliphatic heterocycles. The van der Waals surface area contributed by atoms with E-state index >= 15 is 0 Å². The van der Waals surface area contributed by atoms with E-state index in [0.717, 1.165) is 23.8 Å². The Morgan fingerprint density at radius 2 is 2.05 bits per heavy atom. The minimum Gasteiger partial charge on any atom is -0.421 e. The van der Waals surface area contributed by atoms with Crippen molar-refractivity contribution in [3.8, 4) is 11.5 Å². The predicted octanol–water partition coefficient (Wildman–Crippen LogP) is 2.69. The molecule has 0 amide bonds. The Kier molecular flexibility index (Phi) is 3.15. The summed E-state index contributed by atoms with van der Waals surface area (Å²) in [6.45, 7) is 4.17. The van der Waals surface area contributed by atoms with Crippen LogP contribution in [0.4, 0.5) is 5.69 Å². The van der Waals surface area contributed by atoms with Gasteiger partial charge < -0.3 is 9.73 Å². The first-order valence-corrected chi connectivity index (χ1v) is 7.70. The molecule has 0 spiro atoms. The van der Waals surface area contributed by atoms with Gasteiger partial charge in [0.05, 0.1) is 5.56 Å². The number of likely N-dealkylation sites (tertiary alicyclic amines) is 1. The summed E-state index contributed by atoms with van der Waals surface area (Å²) in [7, 11) is 0. The monoisotopic (exact) mass is 284 g/mol. The SMILES string of the molecule is Cc1nnc(-c2ccccc2NC2CCN(C3CC3)C2)o1. The van der Waals surface area contributed by atoms with Crippen LogP contribution in [-0.4, -0.2) is 40.3 Å². The normalized spacial score (nSPS) is 22.6. The lowest BCUT2D eigenvalue weighted by Gasteiger charge is -2.18. The quantitative estimate of drug-likeness (QED) is 0.935. The molecule has 4 rings (SSSR count). The Balaban J connectivity index is 1.52. The van der Waals surface area contributed by atoms with Gasteiger partial charge in [-0.15, -0.1) is 10.2 Å². The van der Waals surface area contributed by atoms with Gasteiger partial charge >= 0.3 is 0 Å². The van der Waals surface area contributed by atoms with Gasteiger partial charge in [-0.3, -0.25) is 4.90 Å². The van der Waals surface area contributed by atoms with E-state index in [2.05, 4.69) is 26.5 Å². The van der Waals surface area contributed by atoms with Crippen molar-refractivity contribution in [3.05, 3.63) is 30.2 Å². The Morgan fingerprint density at radius 1 is 1.19 bits per heavy atom. The first-order valence-electron chi connectivity index (χ1n) is 7.70. The largest absolute Gasteiger partial charge is 0.421 e. The summed E-state index contributed by atoms with van der Waals surface area (Å²) in [6, 6.07) is 9.53. The number of hydrogen-bond acceptors (Lipinski definition) is 5. The second-order valence-corrected chi connectivity index (χ2v) is 6.03. The lowest BCUT2D eigenvalue weighted by Crippen LogP contribution is -2.27. The maximum absolute atomic E-state index is 5.57. The highest BCUT2D eigenvalue weighted by molar-refractivity contribution is 5.72. The fourth-order valence-electron chi connectivity index (χ4n) is 3.10. The summed E-state index contributed by atoms with van der Waals surface area (Å²) in [5.41, 5.74) is 2.08. The molecule has 2 aromatic rings. The molecule has 1 saturated carbocycles. The molecule has 2 heterocycles. The van der Waals surface area contributed by atoms with Crippen molar-refractivity contribution in [2.24, 2.45) is 0 Å². The minimum absolute atomic E-state index is 0.510. The van der Waals surface area contributed by atoms with Crippen LogP contribution >= 0.6 is 0 Å². The second kappa shape index (κ2) is 5.15. The fraction of sp³-hybridized carbons (Fsp3) is 0.500. The van der Waals surface area contributed by atoms with Crippen LogP contribution in [0.2, 0.25) is 0 Å². The van der Waals surface area contributed by atoms with Crippen molar-refractivity contribution >= 4 is 5.69 Å². The van der Waals surface area contributed by atoms with Gasteiger partial charge in [0.2, 0.25) is 11.8 Å². The van der Waals surface area contributed by atoms with Crippen LogP contribution in [0.25, 0.3) is 11.5 Å². The van der Waals surface area contributed by atoms with E-state index in [4.69, 9.17) is 4.42 Å². The van der Waals surface area contributed by atoms with E-state index in [0.29, 0.717) is 17.8 Å². The molecule has 1 aromatic carbocycles. The molecule has 5 heteroatoms. The molecule has 110 valence electrons. The summed E-state index contributed by atoms with van der Waals surface area (Å²) in [5, 5.41) is 11.7. The Labute approximate surface area is 124 Å². The molecule has 1 atom stereocenters. The highest BCUT2D eigenvalue weighted by Crippen LogP contribution is 2.32. The number of hydrogen-bond donors (Lipinski definition) is 1. The van der Waals surface area contributed by atoms with Gasteiger partial charge in [-0.25, -0.2) is 0 Å². The van der Waals surface area contributed by atoms with Gasteiger partial charge in [-0.2, -0.15) is 0 Å². The van der Waals surface area contributed by atoms with Gasteiger partial charge in [-0.1, -0.05) is 12.1 Å². The zero-order valence-electron chi connectivity index (χ0n) is 12.2. The number of anilines is 1. The number of para-hydroxylation sites is 1. The average molecular weight is 284 g/mol. The molecular weight excluding hydrogens is 264 g/mol. The summed E-state index contributed by atoms with van der Waals surface area (Å²) in [6.07, 6.45) is 3.96. The van der Waals surface area contributed by atoms with Gasteiger partial charge in [0.1, 0.15) is 0 Å². The third-order valence-corrected chi connectivity index (χ3v) is 4.33. The van der Waals surface area contributed by atoms with Gasteiger partial charge in [0, 0.05) is 37.8 Å². The number of nitrogens with one attached hydrogen (secondary N) is 1. The van der Waals surface area contributed by atoms with Crippen molar-refractivity contribution in [1.29, 1.82) is 0 Å². The molecule has 0 bridgehead atoms. The molecule has 1 N–H and O–H groups in total. The summed E-state index contributed by atoms with van der Waals surface area (Å²) >= 11 is 0. The number of aromatic nitrogens is 2. The lowest BCUT2D eigenvalue weighted by atomic mass is 10.1. The van der Waals surface area contributed by atoms with Crippen molar-refractivity contribution in [2.45, 2.75) is 38.3 Å². The molecule has 0 radical (unpaired) electrons. The van der Waals surface area contributed by atoms with Gasteiger partial charge in [0.25, 0.3) is 0 Å². The number of nitrogens with zero attached hydrogens (tertiary/aromatic N) is 3. The molecule has 2 fully saturated rings. The molecule has 2 aliphatic rings. The van der Waals surface area contributed by atoms with Crippen LogP contribution in [0.5, 0.6) is 0 Å². The number of benzene rings is 1. The van der Waals surface area contributed by atoms with Crippen molar-refractivity contribution in [3.63, 3.8) is 0 Å². The Morgan fingerprint density at radius 3 is 2.81 bits per heavy atom. The van der Waals surface area contributed by atoms with Crippen LogP contribution in [0, 0.1) is 6.92 Å². The molecule has 1 unspecified atom stereocenters. The van der Waals surface area contributed by atoms with E-state index in [-0.39, 0.29) is 0 Å². The summed E-state index contributed by atoms with van der Waals surface area (Å²) in [5.74, 6) is 1.19. The Bertz CT molecular complexity index is 635. The van der Waals surface area contributed by atoms with Crippen molar-refractivity contribution in [1.82, 2.24) is 15.1 Å². The molecule has 1 saturated heterocycles. The average Bonchev–Trinajstić information content (AvgIpc) is 3.09. The van der Waals surface area contributed by atoms with Crippen LogP contribution < -0.4 is 5.32 Å². The van der Waals surface area contributed by atoms with Crippen LogP contribution in [-0.2, 0) is 0 Å². The topological polar surface area (TPSA) is 54.2 Å². The molecule has 21 heavy (non-hydrogen) atoms. The maximum atomic E-state index is 5.57. The zero-order chi connectivity index (χ0) is 14.2. The van der Waals surface area contributed by atoms with Crippen LogP contribution in [0.1, 0.15) is 25.2 Å². The summed E-state index contributed by atoms with van der Waals surface area (Å²) < 4.78 is 5.57. The highest BCUT2D eigenvalue weighted by Gasteiger charge is 2.34. The Hall–Kier alpha value is -1.88. The molecule has 1 aliphatic carbocycles. The van der Waals surface area contributed by atoms with E-state index in [1.165, 1.54) is 25.8 Å². The number of rotatable bonds is 4. The van der Waals surface area contributed by atoms with Gasteiger partial charge in [-0.05, 0) is 31.4 Å².